The van der Waals surface area contributed by atoms with Crippen molar-refractivity contribution >= 4 is 5.84 Å². The molecule has 118 valence electrons. The van der Waals surface area contributed by atoms with Gasteiger partial charge in [0.05, 0.1) is 0 Å². The molecular formula is C15H25FN4O. The van der Waals surface area contributed by atoms with Crippen molar-refractivity contribution in [1.29, 1.82) is 0 Å². The Bertz CT molecular complexity index is 491. The van der Waals surface area contributed by atoms with Crippen LogP contribution in [0.5, 0.6) is 0 Å². The highest BCUT2D eigenvalue weighted by atomic mass is 19.1. The number of amidine groups is 1. The van der Waals surface area contributed by atoms with E-state index in [2.05, 4.69) is 28.8 Å². The van der Waals surface area contributed by atoms with E-state index in [9.17, 15) is 4.39 Å². The molecule has 6 heteroatoms. The van der Waals surface area contributed by atoms with Crippen LogP contribution in [0.15, 0.2) is 23.4 Å². The van der Waals surface area contributed by atoms with Crippen LogP contribution in [0, 0.1) is 5.82 Å². The van der Waals surface area contributed by atoms with Crippen LogP contribution in [0.2, 0.25) is 0 Å². The quantitative estimate of drug-likeness (QED) is 0.348. The molecule has 0 saturated carbocycles. The summed E-state index contributed by atoms with van der Waals surface area (Å²) < 4.78 is 14.1. The second-order valence-electron chi connectivity index (χ2n) is 5.47. The predicted octanol–water partition coefficient (Wildman–Crippen LogP) is 1.69. The minimum Gasteiger partial charge on any atom is -0.409 e. The summed E-state index contributed by atoms with van der Waals surface area (Å²) in [4.78, 5) is 4.33. The molecule has 0 aliphatic heterocycles. The SMILES string of the molecule is CCN(Cc1ccc(/C(N)=N/O)cc1F)C(C)CN(C)C. The van der Waals surface area contributed by atoms with Crippen LogP contribution in [-0.4, -0.2) is 54.1 Å². The Morgan fingerprint density at radius 2 is 2.10 bits per heavy atom. The van der Waals surface area contributed by atoms with Crippen molar-refractivity contribution in [1.82, 2.24) is 9.80 Å². The van der Waals surface area contributed by atoms with Crippen LogP contribution in [0.3, 0.4) is 0 Å². The molecule has 3 N–H and O–H groups in total. The lowest BCUT2D eigenvalue weighted by Crippen LogP contribution is -2.39. The topological polar surface area (TPSA) is 65.1 Å². The maximum absolute atomic E-state index is 14.1. The third kappa shape index (κ3) is 4.99. The van der Waals surface area contributed by atoms with Gasteiger partial charge >= 0.3 is 0 Å². The molecule has 0 saturated heterocycles. The molecule has 0 aliphatic rings. The molecule has 0 heterocycles. The number of benzene rings is 1. The van der Waals surface area contributed by atoms with Crippen molar-refractivity contribution in [3.63, 3.8) is 0 Å². The molecule has 0 fully saturated rings. The van der Waals surface area contributed by atoms with Gasteiger partial charge in [-0.1, -0.05) is 24.2 Å². The molecule has 0 spiro atoms. The van der Waals surface area contributed by atoms with Crippen LogP contribution in [0.1, 0.15) is 25.0 Å². The predicted molar refractivity (Wildman–Crippen MR) is 83.0 cm³/mol. The van der Waals surface area contributed by atoms with Gasteiger partial charge in [0.1, 0.15) is 5.82 Å². The molecule has 0 radical (unpaired) electrons. The lowest BCUT2D eigenvalue weighted by molar-refractivity contribution is 0.172. The average molecular weight is 296 g/mol. The Morgan fingerprint density at radius 3 is 2.57 bits per heavy atom. The summed E-state index contributed by atoms with van der Waals surface area (Å²) in [5.74, 6) is -0.427. The van der Waals surface area contributed by atoms with Crippen molar-refractivity contribution in [2.24, 2.45) is 10.9 Å². The molecule has 0 amide bonds. The van der Waals surface area contributed by atoms with E-state index in [4.69, 9.17) is 10.9 Å². The number of nitrogens with zero attached hydrogens (tertiary/aromatic N) is 3. The summed E-state index contributed by atoms with van der Waals surface area (Å²) >= 11 is 0. The molecule has 1 atom stereocenters. The monoisotopic (exact) mass is 296 g/mol. The van der Waals surface area contributed by atoms with Crippen LogP contribution in [0.4, 0.5) is 4.39 Å². The van der Waals surface area contributed by atoms with Crippen LogP contribution < -0.4 is 5.73 Å². The molecule has 21 heavy (non-hydrogen) atoms. The maximum Gasteiger partial charge on any atom is 0.170 e. The van der Waals surface area contributed by atoms with Crippen LogP contribution in [-0.2, 0) is 6.54 Å². The van der Waals surface area contributed by atoms with Crippen molar-refractivity contribution < 1.29 is 9.60 Å². The van der Waals surface area contributed by atoms with Crippen molar-refractivity contribution in [2.75, 3.05) is 27.2 Å². The number of likely N-dealkylation sites (N-methyl/N-ethyl adjacent to an activating group) is 2. The van der Waals surface area contributed by atoms with E-state index in [1.807, 2.05) is 14.1 Å². The van der Waals surface area contributed by atoms with E-state index in [0.717, 1.165) is 13.1 Å². The van der Waals surface area contributed by atoms with Gasteiger partial charge in [-0.2, -0.15) is 0 Å². The Hall–Kier alpha value is -1.66. The summed E-state index contributed by atoms with van der Waals surface area (Å²) in [6, 6.07) is 4.98. The van der Waals surface area contributed by atoms with Gasteiger partial charge in [0.25, 0.3) is 0 Å². The average Bonchev–Trinajstić information content (AvgIpc) is 2.44. The van der Waals surface area contributed by atoms with Gasteiger partial charge in [-0.05, 0) is 33.6 Å². The summed E-state index contributed by atoms with van der Waals surface area (Å²) in [7, 11) is 4.05. The Labute approximate surface area is 125 Å². The Balaban J connectivity index is 2.86. The first-order valence-corrected chi connectivity index (χ1v) is 7.04. The number of nitrogens with two attached hydrogens (primary N) is 1. The number of hydrogen-bond acceptors (Lipinski definition) is 4. The first kappa shape index (κ1) is 17.4. The highest BCUT2D eigenvalue weighted by Gasteiger charge is 2.15. The molecule has 1 aromatic carbocycles. The normalized spacial score (nSPS) is 14.0. The third-order valence-corrected chi connectivity index (χ3v) is 3.49. The maximum atomic E-state index is 14.1. The fourth-order valence-corrected chi connectivity index (χ4v) is 2.33. The van der Waals surface area contributed by atoms with Gasteiger partial charge in [0.15, 0.2) is 5.84 Å². The van der Waals surface area contributed by atoms with E-state index in [-0.39, 0.29) is 11.7 Å². The zero-order valence-electron chi connectivity index (χ0n) is 13.2. The molecule has 1 unspecified atom stereocenters. The van der Waals surface area contributed by atoms with Gasteiger partial charge in [0.2, 0.25) is 0 Å². The number of halogens is 1. The van der Waals surface area contributed by atoms with Gasteiger partial charge in [0, 0.05) is 30.3 Å². The standard InChI is InChI=1S/C15H25FN4O/c1-5-20(11(2)9-19(3)4)10-13-7-6-12(8-14(13)16)15(17)18-21/h6-8,11,21H,5,9-10H2,1-4H3,(H2,17,18). The van der Waals surface area contributed by atoms with Gasteiger partial charge in [-0.25, -0.2) is 4.39 Å². The second-order valence-corrected chi connectivity index (χ2v) is 5.47. The van der Waals surface area contributed by atoms with Gasteiger partial charge < -0.3 is 15.8 Å². The Kier molecular flexibility index (Phi) is 6.58. The highest BCUT2D eigenvalue weighted by Crippen LogP contribution is 2.15. The summed E-state index contributed by atoms with van der Waals surface area (Å²) in [5.41, 5.74) is 6.45. The summed E-state index contributed by atoms with van der Waals surface area (Å²) in [5, 5.41) is 11.5. The van der Waals surface area contributed by atoms with E-state index in [0.29, 0.717) is 23.7 Å². The number of oxime groups is 1. The molecular weight excluding hydrogens is 271 g/mol. The first-order chi connectivity index (χ1) is 9.88. The lowest BCUT2D eigenvalue weighted by atomic mass is 10.1. The number of hydrogen-bond donors (Lipinski definition) is 2. The summed E-state index contributed by atoms with van der Waals surface area (Å²) in [6.45, 7) is 6.49. The first-order valence-electron chi connectivity index (χ1n) is 7.04. The highest BCUT2D eigenvalue weighted by molar-refractivity contribution is 5.97. The summed E-state index contributed by atoms with van der Waals surface area (Å²) in [6.07, 6.45) is 0. The van der Waals surface area contributed by atoms with Crippen molar-refractivity contribution in [3.8, 4) is 0 Å². The largest absolute Gasteiger partial charge is 0.409 e. The molecule has 1 aromatic rings. The molecule has 0 bridgehead atoms. The van der Waals surface area contributed by atoms with E-state index < -0.39 is 0 Å². The van der Waals surface area contributed by atoms with Crippen LogP contribution in [0.25, 0.3) is 0 Å². The second kappa shape index (κ2) is 7.95. The van der Waals surface area contributed by atoms with Gasteiger partial charge in [-0.3, -0.25) is 4.90 Å². The fraction of sp³-hybridized carbons (Fsp3) is 0.533. The minimum atomic E-state index is -0.338. The van der Waals surface area contributed by atoms with E-state index in [1.54, 1.807) is 12.1 Å². The van der Waals surface area contributed by atoms with E-state index in [1.165, 1.54) is 6.07 Å². The lowest BCUT2D eigenvalue weighted by Gasteiger charge is -2.30. The van der Waals surface area contributed by atoms with Crippen molar-refractivity contribution in [2.45, 2.75) is 26.4 Å². The third-order valence-electron chi connectivity index (χ3n) is 3.49. The van der Waals surface area contributed by atoms with Gasteiger partial charge in [-0.15, -0.1) is 0 Å². The Morgan fingerprint density at radius 1 is 1.43 bits per heavy atom. The molecule has 0 aromatic heterocycles. The zero-order valence-corrected chi connectivity index (χ0v) is 13.2. The number of rotatable bonds is 7. The zero-order chi connectivity index (χ0) is 16.0. The molecule has 1 rings (SSSR count). The minimum absolute atomic E-state index is 0.0891. The fourth-order valence-electron chi connectivity index (χ4n) is 2.33. The smallest absolute Gasteiger partial charge is 0.170 e. The van der Waals surface area contributed by atoms with Crippen LogP contribution >= 0.6 is 0 Å². The van der Waals surface area contributed by atoms with E-state index >= 15 is 0 Å². The van der Waals surface area contributed by atoms with Crippen molar-refractivity contribution in [3.05, 3.63) is 35.1 Å². The molecule has 0 aliphatic carbocycles. The molecule has 5 nitrogen and oxygen atoms in total.